The van der Waals surface area contributed by atoms with E-state index in [9.17, 15) is 4.79 Å². The predicted octanol–water partition coefficient (Wildman–Crippen LogP) is 7.46. The predicted molar refractivity (Wildman–Crippen MR) is 122 cm³/mol. The Balaban J connectivity index is 1.82. The molecule has 2 aliphatic rings. The minimum absolute atomic E-state index is 0.0706. The quantitative estimate of drug-likeness (QED) is 0.441. The van der Waals surface area contributed by atoms with E-state index in [0.29, 0.717) is 16.5 Å². The van der Waals surface area contributed by atoms with E-state index in [-0.39, 0.29) is 17.2 Å². The summed E-state index contributed by atoms with van der Waals surface area (Å²) in [7, 11) is 0. The van der Waals surface area contributed by atoms with Crippen LogP contribution in [0.15, 0.2) is 60.2 Å². The lowest BCUT2D eigenvalue weighted by atomic mass is 9.68. The number of ketones is 1. The fourth-order valence-corrected chi connectivity index (χ4v) is 5.20. The first-order valence-electron chi connectivity index (χ1n) is 9.84. The fourth-order valence-electron chi connectivity index (χ4n) is 4.78. The summed E-state index contributed by atoms with van der Waals surface area (Å²) in [5, 5.41) is 6.98. The number of rotatable bonds is 1. The highest BCUT2D eigenvalue weighted by atomic mass is 35.5. The monoisotopic (exact) mass is 421 g/mol. The fraction of sp³-hybridized carbons (Fsp3) is 0.240. The van der Waals surface area contributed by atoms with Crippen LogP contribution in [0.25, 0.3) is 16.3 Å². The Hall–Kier alpha value is -2.29. The van der Waals surface area contributed by atoms with Gasteiger partial charge in [-0.1, -0.05) is 85.6 Å². The Morgan fingerprint density at radius 1 is 0.966 bits per heavy atom. The normalized spacial score (nSPS) is 20.3. The van der Waals surface area contributed by atoms with Crippen LogP contribution in [-0.4, -0.2) is 5.78 Å². The van der Waals surface area contributed by atoms with Crippen molar-refractivity contribution in [3.8, 4) is 0 Å². The lowest BCUT2D eigenvalue weighted by Gasteiger charge is -2.40. The van der Waals surface area contributed by atoms with Crippen LogP contribution in [0.4, 0.5) is 5.69 Å². The van der Waals surface area contributed by atoms with Gasteiger partial charge in [0.1, 0.15) is 0 Å². The molecule has 0 radical (unpaired) electrons. The molecule has 3 aromatic carbocycles. The average Bonchev–Trinajstić information content (AvgIpc) is 2.68. The van der Waals surface area contributed by atoms with Crippen LogP contribution >= 0.6 is 23.2 Å². The summed E-state index contributed by atoms with van der Waals surface area (Å²) < 4.78 is 0. The molecule has 0 aromatic heterocycles. The Kier molecular flexibility index (Phi) is 4.27. The van der Waals surface area contributed by atoms with Crippen LogP contribution in [0.5, 0.6) is 0 Å². The molecule has 4 heteroatoms. The Bertz CT molecular complexity index is 1210. The van der Waals surface area contributed by atoms with Gasteiger partial charge in [-0.15, -0.1) is 0 Å². The van der Waals surface area contributed by atoms with Gasteiger partial charge in [0.25, 0.3) is 0 Å². The molecule has 1 aliphatic heterocycles. The number of carbonyl (C=O) groups is 1. The number of carbonyl (C=O) groups excluding carboxylic acids is 1. The second-order valence-corrected chi connectivity index (χ2v) is 9.55. The number of hydrogen-bond donors (Lipinski definition) is 1. The van der Waals surface area contributed by atoms with Crippen molar-refractivity contribution in [3.05, 3.63) is 81.3 Å². The molecular weight excluding hydrogens is 401 g/mol. The zero-order chi connectivity index (χ0) is 20.3. The molecule has 1 heterocycles. The van der Waals surface area contributed by atoms with Crippen molar-refractivity contribution >= 4 is 51.0 Å². The number of allylic oxidation sites excluding steroid dienone is 1. The van der Waals surface area contributed by atoms with Crippen molar-refractivity contribution in [3.63, 3.8) is 0 Å². The van der Waals surface area contributed by atoms with Crippen LogP contribution in [0.1, 0.15) is 43.9 Å². The van der Waals surface area contributed by atoms with E-state index in [2.05, 4.69) is 43.4 Å². The van der Waals surface area contributed by atoms with Crippen molar-refractivity contribution in [2.24, 2.45) is 5.41 Å². The number of halogens is 2. The van der Waals surface area contributed by atoms with Gasteiger partial charge in [-0.3, -0.25) is 4.79 Å². The van der Waals surface area contributed by atoms with Crippen LogP contribution in [0.2, 0.25) is 10.0 Å². The summed E-state index contributed by atoms with van der Waals surface area (Å²) in [4.78, 5) is 13.3. The molecule has 1 atom stereocenters. The maximum atomic E-state index is 13.3. The molecular formula is C25H21Cl2NO. The smallest absolute Gasteiger partial charge is 0.162 e. The van der Waals surface area contributed by atoms with Gasteiger partial charge in [0.05, 0.1) is 21.8 Å². The Morgan fingerprint density at radius 3 is 2.59 bits per heavy atom. The highest BCUT2D eigenvalue weighted by Gasteiger charge is 2.41. The largest absolute Gasteiger partial charge is 0.373 e. The third-order valence-corrected chi connectivity index (χ3v) is 6.88. The molecule has 0 saturated heterocycles. The van der Waals surface area contributed by atoms with E-state index < -0.39 is 0 Å². The van der Waals surface area contributed by atoms with Crippen molar-refractivity contribution < 1.29 is 4.79 Å². The maximum Gasteiger partial charge on any atom is 0.162 e. The second-order valence-electron chi connectivity index (χ2n) is 8.76. The summed E-state index contributed by atoms with van der Waals surface area (Å²) in [6, 6.07) is 17.9. The molecule has 0 bridgehead atoms. The number of hydrogen-bond acceptors (Lipinski definition) is 2. The van der Waals surface area contributed by atoms with Crippen molar-refractivity contribution in [1.82, 2.24) is 0 Å². The van der Waals surface area contributed by atoms with E-state index in [1.54, 1.807) is 6.07 Å². The summed E-state index contributed by atoms with van der Waals surface area (Å²) in [6.45, 7) is 4.33. The highest BCUT2D eigenvalue weighted by molar-refractivity contribution is 6.42. The van der Waals surface area contributed by atoms with E-state index in [4.69, 9.17) is 23.2 Å². The topological polar surface area (TPSA) is 29.1 Å². The van der Waals surface area contributed by atoms with Crippen LogP contribution in [0.3, 0.4) is 0 Å². The molecule has 3 aromatic rings. The minimum atomic E-state index is -0.307. The van der Waals surface area contributed by atoms with Crippen LogP contribution in [-0.2, 0) is 4.79 Å². The van der Waals surface area contributed by atoms with Gasteiger partial charge in [-0.25, -0.2) is 0 Å². The third-order valence-electron chi connectivity index (χ3n) is 6.04. The second kappa shape index (κ2) is 6.62. The molecule has 29 heavy (non-hydrogen) atoms. The number of anilines is 1. The van der Waals surface area contributed by atoms with E-state index in [1.165, 1.54) is 5.39 Å². The Morgan fingerprint density at radius 2 is 1.76 bits per heavy atom. The number of Topliss-reactive ketones (excluding diaryl/α,β-unsaturated/α-hetero) is 1. The molecule has 1 N–H and O–H groups in total. The summed E-state index contributed by atoms with van der Waals surface area (Å²) in [5.41, 5.74) is 4.92. The molecule has 5 rings (SSSR count). The van der Waals surface area contributed by atoms with Gasteiger partial charge >= 0.3 is 0 Å². The molecule has 146 valence electrons. The van der Waals surface area contributed by atoms with Gasteiger partial charge in [0.15, 0.2) is 5.78 Å². The average molecular weight is 422 g/mol. The first kappa shape index (κ1) is 18.7. The first-order chi connectivity index (χ1) is 13.9. The Labute approximate surface area is 180 Å². The van der Waals surface area contributed by atoms with Crippen molar-refractivity contribution in [1.29, 1.82) is 0 Å². The SMILES string of the molecule is CC1(C)CC(=O)C2=C(C1)c1ccc3ccccc3c1N[C@H]2c1cccc(Cl)c1Cl. The molecule has 2 nitrogen and oxygen atoms in total. The van der Waals surface area contributed by atoms with Gasteiger partial charge in [0, 0.05) is 22.9 Å². The number of nitrogens with one attached hydrogen (secondary N) is 1. The summed E-state index contributed by atoms with van der Waals surface area (Å²) in [6.07, 6.45) is 1.39. The van der Waals surface area contributed by atoms with Gasteiger partial charge in [-0.05, 0) is 34.4 Å². The van der Waals surface area contributed by atoms with Crippen molar-refractivity contribution in [2.75, 3.05) is 5.32 Å². The van der Waals surface area contributed by atoms with Gasteiger partial charge in [-0.2, -0.15) is 0 Å². The molecule has 0 amide bonds. The lowest BCUT2D eigenvalue weighted by molar-refractivity contribution is -0.118. The molecule has 0 spiro atoms. The number of fused-ring (bicyclic) bond motifs is 4. The minimum Gasteiger partial charge on any atom is -0.373 e. The van der Waals surface area contributed by atoms with Crippen LogP contribution in [0, 0.1) is 5.41 Å². The third kappa shape index (κ3) is 2.97. The molecule has 0 saturated carbocycles. The lowest BCUT2D eigenvalue weighted by Crippen LogP contribution is -2.33. The zero-order valence-corrected chi connectivity index (χ0v) is 17.9. The zero-order valence-electron chi connectivity index (χ0n) is 16.4. The van der Waals surface area contributed by atoms with E-state index in [0.717, 1.165) is 39.8 Å². The first-order valence-corrected chi connectivity index (χ1v) is 10.6. The summed E-state index contributed by atoms with van der Waals surface area (Å²) in [5.74, 6) is 0.184. The summed E-state index contributed by atoms with van der Waals surface area (Å²) >= 11 is 12.9. The maximum absolute atomic E-state index is 13.3. The van der Waals surface area contributed by atoms with Crippen LogP contribution < -0.4 is 5.32 Å². The van der Waals surface area contributed by atoms with E-state index in [1.807, 2.05) is 24.3 Å². The molecule has 0 unspecified atom stereocenters. The van der Waals surface area contributed by atoms with E-state index >= 15 is 0 Å². The highest BCUT2D eigenvalue weighted by Crippen LogP contribution is 2.52. The molecule has 0 fully saturated rings. The van der Waals surface area contributed by atoms with Gasteiger partial charge in [0.2, 0.25) is 0 Å². The van der Waals surface area contributed by atoms with Crippen molar-refractivity contribution in [2.45, 2.75) is 32.7 Å². The number of benzene rings is 3. The molecule has 1 aliphatic carbocycles. The van der Waals surface area contributed by atoms with Gasteiger partial charge < -0.3 is 5.32 Å². The standard InChI is InChI=1S/C25H21Cl2NO/c1-25(2)12-18-16-11-10-14-6-3-4-7-15(14)23(16)28-24(21(18)20(29)13-25)17-8-5-9-19(26)22(17)27/h3-11,24,28H,12-13H2,1-2H3/t24-/m0/s1.